The Morgan fingerprint density at radius 3 is 2.24 bits per heavy atom. The first-order valence-electron chi connectivity index (χ1n) is 9.69. The fraction of sp³-hybridized carbons (Fsp3) is 0.833. The maximum atomic E-state index is 12.7. The summed E-state index contributed by atoms with van der Waals surface area (Å²) in [5.41, 5.74) is 0. The van der Waals surface area contributed by atoms with Gasteiger partial charge in [0.2, 0.25) is 17.7 Å². The number of hydrogen-bond donors (Lipinski definition) is 1. The molecular weight excluding hydrogens is 320 g/mol. The van der Waals surface area contributed by atoms with Crippen molar-refractivity contribution >= 4 is 17.7 Å². The Kier molecular flexibility index (Phi) is 6.29. The maximum absolute atomic E-state index is 12.7. The number of nitrogens with one attached hydrogen (secondary N) is 1. The number of piperazine rings is 1. The first kappa shape index (κ1) is 18.2. The van der Waals surface area contributed by atoms with Gasteiger partial charge in [0, 0.05) is 32.1 Å². The smallest absolute Gasteiger partial charge is 0.239 e. The van der Waals surface area contributed by atoms with Gasteiger partial charge >= 0.3 is 0 Å². The predicted molar refractivity (Wildman–Crippen MR) is 93.8 cm³/mol. The average Bonchev–Trinajstić information content (AvgIpc) is 2.91. The molecule has 140 valence electrons. The van der Waals surface area contributed by atoms with Crippen LogP contribution in [0.4, 0.5) is 0 Å². The maximum Gasteiger partial charge on any atom is 0.239 e. The Hall–Kier alpha value is -1.63. The number of nitrogens with zero attached hydrogens (tertiary/aromatic N) is 3. The Morgan fingerprint density at radius 2 is 1.60 bits per heavy atom. The van der Waals surface area contributed by atoms with Crippen molar-refractivity contribution < 1.29 is 14.4 Å². The van der Waals surface area contributed by atoms with Crippen molar-refractivity contribution in [3.8, 4) is 0 Å². The highest BCUT2D eigenvalue weighted by atomic mass is 16.2. The van der Waals surface area contributed by atoms with Crippen molar-refractivity contribution in [3.05, 3.63) is 0 Å². The minimum absolute atomic E-state index is 0.0205. The zero-order valence-electron chi connectivity index (χ0n) is 15.0. The number of likely N-dealkylation sites (tertiary alicyclic amines) is 2. The van der Waals surface area contributed by atoms with Gasteiger partial charge in [-0.15, -0.1) is 0 Å². The fourth-order valence-corrected chi connectivity index (χ4v) is 4.03. The molecule has 0 aromatic rings. The van der Waals surface area contributed by atoms with Crippen LogP contribution in [-0.4, -0.2) is 84.8 Å². The van der Waals surface area contributed by atoms with Crippen molar-refractivity contribution in [3.63, 3.8) is 0 Å². The van der Waals surface area contributed by atoms with Gasteiger partial charge in [-0.1, -0.05) is 12.8 Å². The molecule has 7 heteroatoms. The van der Waals surface area contributed by atoms with Crippen molar-refractivity contribution in [1.82, 2.24) is 20.0 Å². The molecule has 3 rings (SSSR count). The summed E-state index contributed by atoms with van der Waals surface area (Å²) < 4.78 is 0. The molecule has 0 aromatic heterocycles. The Bertz CT molecular complexity index is 495. The molecule has 3 heterocycles. The quantitative estimate of drug-likeness (QED) is 0.781. The van der Waals surface area contributed by atoms with E-state index in [2.05, 4.69) is 15.1 Å². The standard InChI is InChI=1S/C18H30N4O3/c23-16-13-22(12-7-19-16)17(24)14-20-10-5-15(6-11-20)18(25)21-8-3-1-2-4-9-21/h15H,1-14H2,(H,19,23). The van der Waals surface area contributed by atoms with E-state index in [0.717, 1.165) is 51.9 Å². The molecule has 0 atom stereocenters. The number of carbonyl (C=O) groups excluding carboxylic acids is 3. The van der Waals surface area contributed by atoms with E-state index < -0.39 is 0 Å². The third-order valence-corrected chi connectivity index (χ3v) is 5.60. The van der Waals surface area contributed by atoms with E-state index in [0.29, 0.717) is 25.5 Å². The number of hydrogen-bond acceptors (Lipinski definition) is 4. The van der Waals surface area contributed by atoms with Crippen LogP contribution in [0.15, 0.2) is 0 Å². The van der Waals surface area contributed by atoms with E-state index in [1.54, 1.807) is 4.90 Å². The average molecular weight is 350 g/mol. The molecule has 0 radical (unpaired) electrons. The lowest BCUT2D eigenvalue weighted by Gasteiger charge is -2.35. The molecule has 3 aliphatic rings. The highest BCUT2D eigenvalue weighted by Crippen LogP contribution is 2.21. The third kappa shape index (κ3) is 4.93. The lowest BCUT2D eigenvalue weighted by atomic mass is 9.95. The van der Waals surface area contributed by atoms with E-state index in [4.69, 9.17) is 0 Å². The second kappa shape index (κ2) is 8.65. The van der Waals surface area contributed by atoms with Gasteiger partial charge in [-0.3, -0.25) is 19.3 Å². The summed E-state index contributed by atoms with van der Waals surface area (Å²) in [5, 5.41) is 2.74. The van der Waals surface area contributed by atoms with E-state index in [-0.39, 0.29) is 24.3 Å². The van der Waals surface area contributed by atoms with Gasteiger partial charge < -0.3 is 15.1 Å². The Labute approximate surface area is 149 Å². The third-order valence-electron chi connectivity index (χ3n) is 5.60. The fourth-order valence-electron chi connectivity index (χ4n) is 4.03. The summed E-state index contributed by atoms with van der Waals surface area (Å²) in [6.07, 6.45) is 6.40. The molecule has 0 saturated carbocycles. The molecule has 25 heavy (non-hydrogen) atoms. The number of piperidine rings is 1. The van der Waals surface area contributed by atoms with Gasteiger partial charge in [-0.2, -0.15) is 0 Å². The van der Waals surface area contributed by atoms with Crippen LogP contribution in [0.1, 0.15) is 38.5 Å². The summed E-state index contributed by atoms with van der Waals surface area (Å²) >= 11 is 0. The van der Waals surface area contributed by atoms with Crippen LogP contribution in [0, 0.1) is 5.92 Å². The lowest BCUT2D eigenvalue weighted by molar-refractivity contribution is -0.140. The monoisotopic (exact) mass is 350 g/mol. The first-order chi connectivity index (χ1) is 12.1. The Balaban J connectivity index is 1.42. The molecule has 0 aliphatic carbocycles. The molecule has 0 spiro atoms. The van der Waals surface area contributed by atoms with Gasteiger partial charge in [0.15, 0.2) is 0 Å². The van der Waals surface area contributed by atoms with Crippen LogP contribution >= 0.6 is 0 Å². The summed E-state index contributed by atoms with van der Waals surface area (Å²) in [4.78, 5) is 42.3. The zero-order chi connectivity index (χ0) is 17.6. The van der Waals surface area contributed by atoms with Gasteiger partial charge in [-0.05, 0) is 38.8 Å². The van der Waals surface area contributed by atoms with Crippen LogP contribution < -0.4 is 5.32 Å². The predicted octanol–water partition coefficient (Wildman–Crippen LogP) is 0.0594. The Morgan fingerprint density at radius 1 is 0.920 bits per heavy atom. The SMILES string of the molecule is O=C1CN(C(=O)CN2CCC(C(=O)N3CCCCCC3)CC2)CCN1. The molecular formula is C18H30N4O3. The van der Waals surface area contributed by atoms with Gasteiger partial charge in [0.1, 0.15) is 0 Å². The molecule has 0 aromatic carbocycles. The first-order valence-corrected chi connectivity index (χ1v) is 9.69. The van der Waals surface area contributed by atoms with Crippen molar-refractivity contribution in [2.75, 3.05) is 52.4 Å². The van der Waals surface area contributed by atoms with E-state index in [1.807, 2.05) is 0 Å². The molecule has 3 amide bonds. The molecule has 3 fully saturated rings. The summed E-state index contributed by atoms with van der Waals surface area (Å²) in [7, 11) is 0. The summed E-state index contributed by atoms with van der Waals surface area (Å²) in [6, 6.07) is 0. The van der Waals surface area contributed by atoms with Crippen molar-refractivity contribution in [2.24, 2.45) is 5.92 Å². The van der Waals surface area contributed by atoms with Crippen LogP contribution in [0.25, 0.3) is 0 Å². The van der Waals surface area contributed by atoms with Gasteiger partial charge in [0.25, 0.3) is 0 Å². The summed E-state index contributed by atoms with van der Waals surface area (Å²) in [5.74, 6) is 0.374. The minimum atomic E-state index is -0.0821. The molecule has 0 bridgehead atoms. The zero-order valence-corrected chi connectivity index (χ0v) is 15.0. The lowest BCUT2D eigenvalue weighted by Crippen LogP contribution is -2.53. The van der Waals surface area contributed by atoms with E-state index in [9.17, 15) is 14.4 Å². The normalized spacial score (nSPS) is 23.9. The van der Waals surface area contributed by atoms with Crippen molar-refractivity contribution in [2.45, 2.75) is 38.5 Å². The highest BCUT2D eigenvalue weighted by molar-refractivity contribution is 5.86. The number of carbonyl (C=O) groups is 3. The van der Waals surface area contributed by atoms with Crippen LogP contribution in [0.2, 0.25) is 0 Å². The second-order valence-electron chi connectivity index (χ2n) is 7.46. The van der Waals surface area contributed by atoms with Gasteiger partial charge in [-0.25, -0.2) is 0 Å². The van der Waals surface area contributed by atoms with Crippen LogP contribution in [0.5, 0.6) is 0 Å². The molecule has 3 aliphatic heterocycles. The molecule has 0 unspecified atom stereocenters. The largest absolute Gasteiger partial charge is 0.353 e. The topological polar surface area (TPSA) is 73.0 Å². The van der Waals surface area contributed by atoms with Gasteiger partial charge in [0.05, 0.1) is 13.1 Å². The number of amides is 3. The minimum Gasteiger partial charge on any atom is -0.353 e. The van der Waals surface area contributed by atoms with Crippen LogP contribution in [-0.2, 0) is 14.4 Å². The molecule has 7 nitrogen and oxygen atoms in total. The van der Waals surface area contributed by atoms with Crippen molar-refractivity contribution in [1.29, 1.82) is 0 Å². The summed E-state index contributed by atoms with van der Waals surface area (Å²) in [6.45, 7) is 5.06. The highest BCUT2D eigenvalue weighted by Gasteiger charge is 2.30. The second-order valence-corrected chi connectivity index (χ2v) is 7.46. The molecule has 3 saturated heterocycles. The van der Waals surface area contributed by atoms with Crippen LogP contribution in [0.3, 0.4) is 0 Å². The number of rotatable bonds is 3. The van der Waals surface area contributed by atoms with E-state index in [1.165, 1.54) is 12.8 Å². The molecule has 1 N–H and O–H groups in total. The van der Waals surface area contributed by atoms with E-state index >= 15 is 0 Å².